The fourth-order valence-electron chi connectivity index (χ4n) is 1.89. The molecule has 6 nitrogen and oxygen atoms in total. The third-order valence-corrected chi connectivity index (χ3v) is 4.87. The van der Waals surface area contributed by atoms with Crippen molar-refractivity contribution in [3.8, 4) is 0 Å². The Kier molecular flexibility index (Phi) is 7.39. The first kappa shape index (κ1) is 20.2. The molecule has 0 bridgehead atoms. The normalized spacial score (nSPS) is 12.1. The second kappa shape index (κ2) is 9.53. The SMILES string of the molecule is CN=C(NCCCNC(=O)c1cccs1)NCc1nc(C(F)(F)F)cs1. The number of aliphatic imine (C=N–C) groups is 1. The van der Waals surface area contributed by atoms with E-state index in [-0.39, 0.29) is 12.5 Å². The van der Waals surface area contributed by atoms with Gasteiger partial charge in [-0.2, -0.15) is 13.2 Å². The first-order chi connectivity index (χ1) is 12.4. The van der Waals surface area contributed by atoms with E-state index in [9.17, 15) is 18.0 Å². The molecule has 2 rings (SSSR count). The molecule has 11 heteroatoms. The lowest BCUT2D eigenvalue weighted by atomic mass is 10.4. The number of aromatic nitrogens is 1. The summed E-state index contributed by atoms with van der Waals surface area (Å²) in [6, 6.07) is 3.57. The Morgan fingerprint density at radius 2 is 2.00 bits per heavy atom. The summed E-state index contributed by atoms with van der Waals surface area (Å²) in [5, 5.41) is 11.9. The van der Waals surface area contributed by atoms with E-state index in [0.717, 1.165) is 16.7 Å². The van der Waals surface area contributed by atoms with E-state index < -0.39 is 11.9 Å². The first-order valence-corrected chi connectivity index (χ1v) is 9.44. The summed E-state index contributed by atoms with van der Waals surface area (Å²) in [4.78, 5) is 20.0. The van der Waals surface area contributed by atoms with Gasteiger partial charge in [-0.05, 0) is 17.9 Å². The predicted octanol–water partition coefficient (Wildman–Crippen LogP) is 2.71. The van der Waals surface area contributed by atoms with Crippen LogP contribution in [0.2, 0.25) is 0 Å². The highest BCUT2D eigenvalue weighted by atomic mass is 32.1. The van der Waals surface area contributed by atoms with Crippen molar-refractivity contribution in [3.05, 3.63) is 38.5 Å². The number of amides is 1. The van der Waals surface area contributed by atoms with Gasteiger partial charge in [0.05, 0.1) is 11.4 Å². The Labute approximate surface area is 156 Å². The van der Waals surface area contributed by atoms with Gasteiger partial charge in [-0.15, -0.1) is 22.7 Å². The average molecular weight is 405 g/mol. The van der Waals surface area contributed by atoms with Crippen LogP contribution in [0.25, 0.3) is 0 Å². The summed E-state index contributed by atoms with van der Waals surface area (Å²) >= 11 is 2.32. The molecule has 0 radical (unpaired) electrons. The van der Waals surface area contributed by atoms with E-state index in [2.05, 4.69) is 25.9 Å². The van der Waals surface area contributed by atoms with Crippen LogP contribution in [0.1, 0.15) is 26.8 Å². The van der Waals surface area contributed by atoms with Gasteiger partial charge in [0.25, 0.3) is 5.91 Å². The monoisotopic (exact) mass is 405 g/mol. The summed E-state index contributed by atoms with van der Waals surface area (Å²) in [6.45, 7) is 1.20. The van der Waals surface area contributed by atoms with Crippen LogP contribution in [0.5, 0.6) is 0 Å². The zero-order valence-corrected chi connectivity index (χ0v) is 15.5. The first-order valence-electron chi connectivity index (χ1n) is 7.68. The van der Waals surface area contributed by atoms with Crippen LogP contribution in [-0.4, -0.2) is 37.0 Å². The summed E-state index contributed by atoms with van der Waals surface area (Å²) < 4.78 is 37.5. The number of hydrogen-bond acceptors (Lipinski definition) is 5. The van der Waals surface area contributed by atoms with Gasteiger partial charge < -0.3 is 16.0 Å². The van der Waals surface area contributed by atoms with Crippen molar-refractivity contribution in [3.63, 3.8) is 0 Å². The van der Waals surface area contributed by atoms with Gasteiger partial charge in [-0.25, -0.2) is 4.98 Å². The van der Waals surface area contributed by atoms with E-state index in [1.54, 1.807) is 13.1 Å². The van der Waals surface area contributed by atoms with E-state index in [4.69, 9.17) is 0 Å². The molecule has 26 heavy (non-hydrogen) atoms. The third-order valence-electron chi connectivity index (χ3n) is 3.15. The maximum Gasteiger partial charge on any atom is 0.434 e. The number of carbonyl (C=O) groups is 1. The fourth-order valence-corrected chi connectivity index (χ4v) is 3.27. The van der Waals surface area contributed by atoms with Gasteiger partial charge in [0.15, 0.2) is 11.7 Å². The molecule has 3 N–H and O–H groups in total. The number of thiophene rings is 1. The Morgan fingerprint density at radius 1 is 1.23 bits per heavy atom. The molecule has 0 spiro atoms. The molecular formula is C15H18F3N5OS2. The summed E-state index contributed by atoms with van der Waals surface area (Å²) in [6.07, 6.45) is -3.75. The minimum absolute atomic E-state index is 0.105. The van der Waals surface area contributed by atoms with Crippen LogP contribution < -0.4 is 16.0 Å². The number of hydrogen-bond donors (Lipinski definition) is 3. The molecule has 2 aromatic heterocycles. The molecule has 0 aliphatic carbocycles. The molecule has 0 saturated carbocycles. The number of halogens is 3. The second-order valence-electron chi connectivity index (χ2n) is 5.06. The minimum atomic E-state index is -4.43. The number of guanidine groups is 1. The highest BCUT2D eigenvalue weighted by Crippen LogP contribution is 2.29. The Balaban J connectivity index is 1.65. The van der Waals surface area contributed by atoms with Crippen molar-refractivity contribution < 1.29 is 18.0 Å². The van der Waals surface area contributed by atoms with Crippen LogP contribution in [0.15, 0.2) is 27.9 Å². The van der Waals surface area contributed by atoms with E-state index in [0.29, 0.717) is 35.4 Å². The number of carbonyl (C=O) groups excluding carboxylic acids is 1. The fraction of sp³-hybridized carbons (Fsp3) is 0.400. The molecule has 2 aromatic rings. The number of nitrogens with one attached hydrogen (secondary N) is 3. The number of thiazole rings is 1. The molecule has 2 heterocycles. The molecule has 0 aliphatic rings. The van der Waals surface area contributed by atoms with Crippen LogP contribution in [0, 0.1) is 0 Å². The van der Waals surface area contributed by atoms with Crippen LogP contribution in [0.4, 0.5) is 13.2 Å². The van der Waals surface area contributed by atoms with Gasteiger partial charge in [-0.1, -0.05) is 6.07 Å². The van der Waals surface area contributed by atoms with E-state index in [1.807, 2.05) is 11.4 Å². The largest absolute Gasteiger partial charge is 0.434 e. The van der Waals surface area contributed by atoms with Crippen LogP contribution in [0.3, 0.4) is 0 Å². The van der Waals surface area contributed by atoms with Gasteiger partial charge in [0, 0.05) is 25.5 Å². The van der Waals surface area contributed by atoms with E-state index >= 15 is 0 Å². The summed E-state index contributed by atoms with van der Waals surface area (Å²) in [5.41, 5.74) is -0.885. The summed E-state index contributed by atoms with van der Waals surface area (Å²) in [7, 11) is 1.57. The Bertz CT molecular complexity index is 728. The quantitative estimate of drug-likeness (QED) is 0.376. The van der Waals surface area contributed by atoms with Gasteiger partial charge in [0.2, 0.25) is 0 Å². The number of alkyl halides is 3. The highest BCUT2D eigenvalue weighted by molar-refractivity contribution is 7.12. The molecule has 1 amide bonds. The molecule has 0 saturated heterocycles. The molecule has 142 valence electrons. The Morgan fingerprint density at radius 3 is 2.62 bits per heavy atom. The Hall–Kier alpha value is -2.14. The van der Waals surface area contributed by atoms with Gasteiger partial charge >= 0.3 is 6.18 Å². The lowest BCUT2D eigenvalue weighted by Gasteiger charge is -2.11. The van der Waals surface area contributed by atoms with Crippen molar-refractivity contribution in [2.75, 3.05) is 20.1 Å². The predicted molar refractivity (Wildman–Crippen MR) is 96.6 cm³/mol. The topological polar surface area (TPSA) is 78.4 Å². The van der Waals surface area contributed by atoms with Gasteiger partial charge in [0.1, 0.15) is 5.01 Å². The lowest BCUT2D eigenvalue weighted by molar-refractivity contribution is -0.140. The van der Waals surface area contributed by atoms with Crippen molar-refractivity contribution in [1.29, 1.82) is 0 Å². The van der Waals surface area contributed by atoms with Crippen molar-refractivity contribution in [1.82, 2.24) is 20.9 Å². The van der Waals surface area contributed by atoms with Crippen LogP contribution in [-0.2, 0) is 12.7 Å². The molecule has 0 atom stereocenters. The lowest BCUT2D eigenvalue weighted by Crippen LogP contribution is -2.38. The van der Waals surface area contributed by atoms with Crippen molar-refractivity contribution in [2.24, 2.45) is 4.99 Å². The molecule has 0 fully saturated rings. The number of rotatable bonds is 7. The molecule has 0 unspecified atom stereocenters. The maximum absolute atomic E-state index is 12.5. The second-order valence-corrected chi connectivity index (χ2v) is 6.95. The molecule has 0 aliphatic heterocycles. The zero-order valence-electron chi connectivity index (χ0n) is 13.9. The van der Waals surface area contributed by atoms with Crippen LogP contribution >= 0.6 is 22.7 Å². The molecule has 0 aromatic carbocycles. The average Bonchev–Trinajstić information content (AvgIpc) is 3.28. The van der Waals surface area contributed by atoms with E-state index in [1.165, 1.54) is 11.3 Å². The smallest absolute Gasteiger partial charge is 0.356 e. The van der Waals surface area contributed by atoms with Crippen molar-refractivity contribution >= 4 is 34.5 Å². The number of nitrogens with zero attached hydrogens (tertiary/aromatic N) is 2. The van der Waals surface area contributed by atoms with Crippen molar-refractivity contribution in [2.45, 2.75) is 19.1 Å². The molecular weight excluding hydrogens is 387 g/mol. The zero-order chi connectivity index (χ0) is 19.0. The minimum Gasteiger partial charge on any atom is -0.356 e. The standard InChI is InChI=1S/C15H18F3N5OS2/c1-19-14(22-8-12-23-11(9-26-12)15(16,17)18)21-6-3-5-20-13(24)10-4-2-7-25-10/h2,4,7,9H,3,5-6,8H2,1H3,(H,20,24)(H2,19,21,22). The summed E-state index contributed by atoms with van der Waals surface area (Å²) in [5.74, 6) is 0.352. The maximum atomic E-state index is 12.5. The third kappa shape index (κ3) is 6.30. The highest BCUT2D eigenvalue weighted by Gasteiger charge is 2.33. The van der Waals surface area contributed by atoms with Gasteiger partial charge in [-0.3, -0.25) is 9.79 Å².